The molecule has 1 aliphatic heterocycles. The molecule has 1 heterocycles. The van der Waals surface area contributed by atoms with Crippen molar-refractivity contribution in [3.63, 3.8) is 0 Å². The van der Waals surface area contributed by atoms with E-state index >= 15 is 0 Å². The standard InChI is InChI=1S/C15H14ClNO2/c16-10-5-7-11(8-6-10)19-14-9-18-13-4-2-1-3-12(13)15(14)17/h1-8,14-15H,9,17H2. The highest BCUT2D eigenvalue weighted by Gasteiger charge is 2.29. The van der Waals surface area contributed by atoms with Gasteiger partial charge in [0.25, 0.3) is 0 Å². The Morgan fingerprint density at radius 3 is 2.63 bits per heavy atom. The number of nitrogens with two attached hydrogens (primary N) is 1. The van der Waals surface area contributed by atoms with Crippen LogP contribution in [0.25, 0.3) is 0 Å². The zero-order valence-electron chi connectivity index (χ0n) is 10.3. The molecule has 0 saturated heterocycles. The van der Waals surface area contributed by atoms with Crippen molar-refractivity contribution < 1.29 is 9.47 Å². The van der Waals surface area contributed by atoms with Crippen LogP contribution in [0.1, 0.15) is 11.6 Å². The Labute approximate surface area is 116 Å². The van der Waals surface area contributed by atoms with Crippen molar-refractivity contribution in [3.05, 3.63) is 59.1 Å². The number of hydrogen-bond acceptors (Lipinski definition) is 3. The van der Waals surface area contributed by atoms with Crippen molar-refractivity contribution in [2.24, 2.45) is 5.73 Å². The maximum absolute atomic E-state index is 6.24. The van der Waals surface area contributed by atoms with Crippen LogP contribution in [-0.2, 0) is 0 Å². The van der Waals surface area contributed by atoms with Crippen LogP contribution < -0.4 is 15.2 Å². The average molecular weight is 276 g/mol. The molecule has 2 aromatic rings. The van der Waals surface area contributed by atoms with Crippen molar-refractivity contribution >= 4 is 11.6 Å². The van der Waals surface area contributed by atoms with Gasteiger partial charge in [-0.25, -0.2) is 0 Å². The first-order valence-electron chi connectivity index (χ1n) is 6.13. The summed E-state index contributed by atoms with van der Waals surface area (Å²) in [5.41, 5.74) is 7.22. The van der Waals surface area contributed by atoms with E-state index in [1.54, 1.807) is 12.1 Å². The molecule has 0 aromatic heterocycles. The van der Waals surface area contributed by atoms with Crippen LogP contribution in [0.2, 0.25) is 5.02 Å². The summed E-state index contributed by atoms with van der Waals surface area (Å²) in [5.74, 6) is 1.58. The molecular weight excluding hydrogens is 262 g/mol. The quantitative estimate of drug-likeness (QED) is 0.915. The lowest BCUT2D eigenvalue weighted by atomic mass is 9.99. The lowest BCUT2D eigenvalue weighted by Crippen LogP contribution is -2.40. The van der Waals surface area contributed by atoms with Crippen molar-refractivity contribution in [1.82, 2.24) is 0 Å². The van der Waals surface area contributed by atoms with Crippen LogP contribution in [0.3, 0.4) is 0 Å². The largest absolute Gasteiger partial charge is 0.489 e. The summed E-state index contributed by atoms with van der Waals surface area (Å²) in [5, 5.41) is 0.682. The summed E-state index contributed by atoms with van der Waals surface area (Å²) in [6.45, 7) is 0.445. The highest BCUT2D eigenvalue weighted by Crippen LogP contribution is 2.32. The minimum Gasteiger partial charge on any atom is -0.489 e. The smallest absolute Gasteiger partial charge is 0.152 e. The van der Waals surface area contributed by atoms with Gasteiger partial charge in [-0.05, 0) is 30.3 Å². The number of rotatable bonds is 2. The van der Waals surface area contributed by atoms with Gasteiger partial charge in [0.2, 0.25) is 0 Å². The van der Waals surface area contributed by atoms with Crippen LogP contribution in [-0.4, -0.2) is 12.7 Å². The Bertz CT molecular complexity index is 571. The topological polar surface area (TPSA) is 44.5 Å². The highest BCUT2D eigenvalue weighted by atomic mass is 35.5. The highest BCUT2D eigenvalue weighted by molar-refractivity contribution is 6.30. The summed E-state index contributed by atoms with van der Waals surface area (Å²) in [7, 11) is 0. The van der Waals surface area contributed by atoms with E-state index in [1.807, 2.05) is 36.4 Å². The second-order valence-electron chi connectivity index (χ2n) is 4.48. The fourth-order valence-electron chi connectivity index (χ4n) is 2.16. The van der Waals surface area contributed by atoms with E-state index in [4.69, 9.17) is 26.8 Å². The minimum absolute atomic E-state index is 0.194. The van der Waals surface area contributed by atoms with Crippen LogP contribution >= 0.6 is 11.6 Å². The Morgan fingerprint density at radius 2 is 1.84 bits per heavy atom. The molecule has 2 N–H and O–H groups in total. The Hall–Kier alpha value is -1.71. The lowest BCUT2D eigenvalue weighted by Gasteiger charge is -2.31. The monoisotopic (exact) mass is 275 g/mol. The number of ether oxygens (including phenoxy) is 2. The zero-order valence-corrected chi connectivity index (χ0v) is 11.0. The summed E-state index contributed by atoms with van der Waals surface area (Å²) in [6, 6.07) is 14.8. The molecule has 0 spiro atoms. The van der Waals surface area contributed by atoms with Crippen molar-refractivity contribution in [1.29, 1.82) is 0 Å². The maximum atomic E-state index is 6.24. The molecule has 0 fully saturated rings. The van der Waals surface area contributed by atoms with Gasteiger partial charge < -0.3 is 15.2 Å². The molecule has 98 valence electrons. The Morgan fingerprint density at radius 1 is 1.11 bits per heavy atom. The van der Waals surface area contributed by atoms with Gasteiger partial charge in [0, 0.05) is 10.6 Å². The molecule has 0 saturated carbocycles. The number of para-hydroxylation sites is 1. The van der Waals surface area contributed by atoms with E-state index in [2.05, 4.69) is 0 Å². The van der Waals surface area contributed by atoms with E-state index in [-0.39, 0.29) is 12.1 Å². The first-order valence-corrected chi connectivity index (χ1v) is 6.51. The Kier molecular flexibility index (Phi) is 3.32. The van der Waals surface area contributed by atoms with Crippen molar-refractivity contribution in [2.45, 2.75) is 12.1 Å². The third-order valence-electron chi connectivity index (χ3n) is 3.18. The van der Waals surface area contributed by atoms with Crippen LogP contribution in [0, 0.1) is 0 Å². The fraction of sp³-hybridized carbons (Fsp3) is 0.200. The van der Waals surface area contributed by atoms with E-state index in [1.165, 1.54) is 0 Å². The minimum atomic E-state index is -0.198. The van der Waals surface area contributed by atoms with Crippen LogP contribution in [0.5, 0.6) is 11.5 Å². The third kappa shape index (κ3) is 2.53. The maximum Gasteiger partial charge on any atom is 0.152 e. The molecule has 1 aliphatic rings. The third-order valence-corrected chi connectivity index (χ3v) is 3.43. The van der Waals surface area contributed by atoms with E-state index in [9.17, 15) is 0 Å². The summed E-state index contributed by atoms with van der Waals surface area (Å²) >= 11 is 5.85. The molecule has 0 bridgehead atoms. The summed E-state index contributed by atoms with van der Waals surface area (Å²) < 4.78 is 11.5. The Balaban J connectivity index is 1.79. The van der Waals surface area contributed by atoms with E-state index < -0.39 is 0 Å². The van der Waals surface area contributed by atoms with Crippen LogP contribution in [0.4, 0.5) is 0 Å². The predicted molar refractivity (Wildman–Crippen MR) is 74.7 cm³/mol. The second-order valence-corrected chi connectivity index (χ2v) is 4.92. The van der Waals surface area contributed by atoms with Gasteiger partial charge >= 0.3 is 0 Å². The SMILES string of the molecule is NC1c2ccccc2OCC1Oc1ccc(Cl)cc1. The number of hydrogen-bond donors (Lipinski definition) is 1. The molecule has 2 atom stereocenters. The van der Waals surface area contributed by atoms with Gasteiger partial charge in [-0.1, -0.05) is 29.8 Å². The van der Waals surface area contributed by atoms with Gasteiger partial charge in [-0.3, -0.25) is 0 Å². The molecule has 0 aliphatic carbocycles. The first kappa shape index (κ1) is 12.3. The molecule has 2 aromatic carbocycles. The van der Waals surface area contributed by atoms with Gasteiger partial charge in [-0.15, -0.1) is 0 Å². The van der Waals surface area contributed by atoms with Gasteiger partial charge in [-0.2, -0.15) is 0 Å². The van der Waals surface area contributed by atoms with Crippen LogP contribution in [0.15, 0.2) is 48.5 Å². The normalized spacial score (nSPS) is 21.4. The zero-order chi connectivity index (χ0) is 13.2. The molecule has 19 heavy (non-hydrogen) atoms. The molecule has 2 unspecified atom stereocenters. The molecule has 4 heteroatoms. The number of fused-ring (bicyclic) bond motifs is 1. The lowest BCUT2D eigenvalue weighted by molar-refractivity contribution is 0.0878. The summed E-state index contributed by atoms with van der Waals surface area (Å²) in [4.78, 5) is 0. The molecule has 3 nitrogen and oxygen atoms in total. The van der Waals surface area contributed by atoms with Gasteiger partial charge in [0.1, 0.15) is 18.1 Å². The fourth-order valence-corrected chi connectivity index (χ4v) is 2.28. The van der Waals surface area contributed by atoms with E-state index in [0.717, 1.165) is 17.1 Å². The van der Waals surface area contributed by atoms with Crippen molar-refractivity contribution in [2.75, 3.05) is 6.61 Å². The van der Waals surface area contributed by atoms with Gasteiger partial charge in [0.15, 0.2) is 6.10 Å². The molecule has 0 radical (unpaired) electrons. The number of halogens is 1. The van der Waals surface area contributed by atoms with Crippen molar-refractivity contribution in [3.8, 4) is 11.5 Å². The molecular formula is C15H14ClNO2. The average Bonchev–Trinajstić information content (AvgIpc) is 2.45. The predicted octanol–water partition coefficient (Wildman–Crippen LogP) is 3.18. The second kappa shape index (κ2) is 5.11. The summed E-state index contributed by atoms with van der Waals surface area (Å²) in [6.07, 6.45) is -0.198. The van der Waals surface area contributed by atoms with Gasteiger partial charge in [0.05, 0.1) is 6.04 Å². The first-order chi connectivity index (χ1) is 9.24. The number of benzene rings is 2. The van der Waals surface area contributed by atoms with E-state index in [0.29, 0.717) is 11.6 Å². The molecule has 0 amide bonds. The molecule has 3 rings (SSSR count).